The number of anilines is 1. The number of nitrogens with one attached hydrogen (secondary N) is 1. The molecular weight excluding hydrogens is 238 g/mol. The van der Waals surface area contributed by atoms with Crippen molar-refractivity contribution >= 4 is 11.6 Å². The quantitative estimate of drug-likeness (QED) is 0.873. The fourth-order valence-corrected chi connectivity index (χ4v) is 3.82. The zero-order valence-corrected chi connectivity index (χ0v) is 11.1. The van der Waals surface area contributed by atoms with Gasteiger partial charge in [-0.3, -0.25) is 4.79 Å². The van der Waals surface area contributed by atoms with Gasteiger partial charge in [-0.2, -0.15) is 0 Å². The molecule has 1 amide bonds. The number of hydrogen-bond donors (Lipinski definition) is 2. The summed E-state index contributed by atoms with van der Waals surface area (Å²) in [6.07, 6.45) is 5.95. The second kappa shape index (κ2) is 5.33. The van der Waals surface area contributed by atoms with Crippen LogP contribution in [0.25, 0.3) is 0 Å². The van der Waals surface area contributed by atoms with Gasteiger partial charge in [0, 0.05) is 12.1 Å². The normalized spacial score (nSPS) is 28.6. The molecule has 2 bridgehead atoms. The van der Waals surface area contributed by atoms with Gasteiger partial charge >= 0.3 is 0 Å². The van der Waals surface area contributed by atoms with Gasteiger partial charge in [0.2, 0.25) is 5.91 Å². The lowest BCUT2D eigenvalue weighted by Crippen LogP contribution is -2.20. The van der Waals surface area contributed by atoms with Crippen LogP contribution in [0.1, 0.15) is 37.7 Å². The molecule has 3 rings (SSSR count). The fourth-order valence-electron chi connectivity index (χ4n) is 3.82. The maximum Gasteiger partial charge on any atom is 0.224 e. The molecule has 0 aromatic heterocycles. The molecule has 19 heavy (non-hydrogen) atoms. The minimum atomic E-state index is 0.0100. The molecular formula is C16H21NO2. The molecule has 2 N–H and O–H groups in total. The summed E-state index contributed by atoms with van der Waals surface area (Å²) in [4.78, 5) is 12.1. The largest absolute Gasteiger partial charge is 0.392 e. The van der Waals surface area contributed by atoms with E-state index < -0.39 is 0 Å². The molecule has 1 aromatic carbocycles. The second-order valence-electron chi connectivity index (χ2n) is 6.05. The second-order valence-corrected chi connectivity index (χ2v) is 6.05. The Bertz CT molecular complexity index is 472. The van der Waals surface area contributed by atoms with Crippen molar-refractivity contribution in [3.05, 3.63) is 29.8 Å². The van der Waals surface area contributed by atoms with Crippen LogP contribution in [0.4, 0.5) is 5.69 Å². The van der Waals surface area contributed by atoms with Gasteiger partial charge < -0.3 is 10.4 Å². The molecule has 0 radical (unpaired) electrons. The molecule has 0 spiro atoms. The minimum Gasteiger partial charge on any atom is -0.392 e. The zero-order valence-electron chi connectivity index (χ0n) is 11.1. The van der Waals surface area contributed by atoms with Crippen molar-refractivity contribution in [1.82, 2.24) is 0 Å². The van der Waals surface area contributed by atoms with Gasteiger partial charge in [0.05, 0.1) is 6.61 Å². The lowest BCUT2D eigenvalue weighted by atomic mass is 9.86. The topological polar surface area (TPSA) is 49.3 Å². The number of carbonyl (C=O) groups excluding carboxylic acids is 1. The van der Waals surface area contributed by atoms with Crippen LogP contribution in [0.15, 0.2) is 24.3 Å². The molecule has 2 fully saturated rings. The molecule has 0 aliphatic heterocycles. The van der Waals surface area contributed by atoms with Crippen molar-refractivity contribution in [2.24, 2.45) is 17.8 Å². The first-order valence-corrected chi connectivity index (χ1v) is 7.24. The molecule has 3 heteroatoms. The first kappa shape index (κ1) is 12.7. The lowest BCUT2D eigenvalue weighted by molar-refractivity contribution is -0.117. The highest BCUT2D eigenvalue weighted by Gasteiger charge is 2.40. The molecule has 2 aliphatic rings. The van der Waals surface area contributed by atoms with Gasteiger partial charge in [-0.25, -0.2) is 0 Å². The van der Waals surface area contributed by atoms with E-state index in [0.29, 0.717) is 12.3 Å². The van der Waals surface area contributed by atoms with Crippen LogP contribution in [0.3, 0.4) is 0 Å². The summed E-state index contributed by atoms with van der Waals surface area (Å²) < 4.78 is 0. The molecule has 3 nitrogen and oxygen atoms in total. The Labute approximate surface area is 114 Å². The third-order valence-electron chi connectivity index (χ3n) is 4.73. The van der Waals surface area contributed by atoms with Crippen molar-refractivity contribution in [3.8, 4) is 0 Å². The van der Waals surface area contributed by atoms with E-state index in [1.165, 1.54) is 25.7 Å². The molecule has 3 atom stereocenters. The summed E-state index contributed by atoms with van der Waals surface area (Å²) in [5, 5.41) is 12.0. The monoisotopic (exact) mass is 259 g/mol. The number of carbonyl (C=O) groups is 1. The summed E-state index contributed by atoms with van der Waals surface area (Å²) in [5.74, 6) is 2.40. The van der Waals surface area contributed by atoms with Gasteiger partial charge in [-0.15, -0.1) is 0 Å². The van der Waals surface area contributed by atoms with E-state index in [-0.39, 0.29) is 12.5 Å². The maximum absolute atomic E-state index is 12.1. The molecule has 0 unspecified atom stereocenters. The summed E-state index contributed by atoms with van der Waals surface area (Å²) in [7, 11) is 0. The predicted molar refractivity (Wildman–Crippen MR) is 74.5 cm³/mol. The summed E-state index contributed by atoms with van der Waals surface area (Å²) in [6, 6.07) is 7.42. The average Bonchev–Trinajstić information content (AvgIpc) is 3.01. The van der Waals surface area contributed by atoms with Crippen molar-refractivity contribution in [1.29, 1.82) is 0 Å². The van der Waals surface area contributed by atoms with Gasteiger partial charge in [0.25, 0.3) is 0 Å². The number of rotatable bonds is 4. The van der Waals surface area contributed by atoms with Crippen LogP contribution >= 0.6 is 0 Å². The Balaban J connectivity index is 1.56. The number of benzene rings is 1. The molecule has 1 aromatic rings. The Morgan fingerprint density at radius 1 is 1.32 bits per heavy atom. The van der Waals surface area contributed by atoms with Crippen molar-refractivity contribution in [2.75, 3.05) is 5.32 Å². The van der Waals surface area contributed by atoms with Crippen LogP contribution in [-0.4, -0.2) is 11.0 Å². The van der Waals surface area contributed by atoms with E-state index in [1.807, 2.05) is 24.3 Å². The number of hydrogen-bond acceptors (Lipinski definition) is 2. The molecule has 0 heterocycles. The van der Waals surface area contributed by atoms with Gasteiger partial charge in [-0.05, 0) is 54.7 Å². The highest BCUT2D eigenvalue weighted by atomic mass is 16.3. The SMILES string of the molecule is O=C(C[C@H]1C[C@H]2CC[C@@H]1C2)Nc1cccc(CO)c1. The van der Waals surface area contributed by atoms with Gasteiger partial charge in [0.15, 0.2) is 0 Å². The molecule has 102 valence electrons. The Morgan fingerprint density at radius 2 is 2.21 bits per heavy atom. The fraction of sp³-hybridized carbons (Fsp3) is 0.562. The summed E-state index contributed by atoms with van der Waals surface area (Å²) >= 11 is 0. The van der Waals surface area contributed by atoms with E-state index >= 15 is 0 Å². The van der Waals surface area contributed by atoms with Gasteiger partial charge in [-0.1, -0.05) is 18.6 Å². The van der Waals surface area contributed by atoms with Gasteiger partial charge in [0.1, 0.15) is 0 Å². The van der Waals surface area contributed by atoms with Crippen LogP contribution in [0.2, 0.25) is 0 Å². The smallest absolute Gasteiger partial charge is 0.224 e. The van der Waals surface area contributed by atoms with Crippen molar-refractivity contribution in [2.45, 2.75) is 38.7 Å². The number of aliphatic hydroxyl groups is 1. The maximum atomic E-state index is 12.1. The van der Waals surface area contributed by atoms with Crippen molar-refractivity contribution < 1.29 is 9.90 Å². The first-order valence-electron chi connectivity index (χ1n) is 7.24. The lowest BCUT2D eigenvalue weighted by Gasteiger charge is -2.20. The first-order chi connectivity index (χ1) is 9.24. The Hall–Kier alpha value is -1.35. The predicted octanol–water partition coefficient (Wildman–Crippen LogP) is 2.94. The third kappa shape index (κ3) is 2.81. The summed E-state index contributed by atoms with van der Waals surface area (Å²) in [5.41, 5.74) is 1.62. The van der Waals surface area contributed by atoms with E-state index in [9.17, 15) is 4.79 Å². The number of fused-ring (bicyclic) bond motifs is 2. The third-order valence-corrected chi connectivity index (χ3v) is 4.73. The Kier molecular flexibility index (Phi) is 3.56. The Morgan fingerprint density at radius 3 is 2.89 bits per heavy atom. The average molecular weight is 259 g/mol. The van der Waals surface area contributed by atoms with Crippen LogP contribution in [0.5, 0.6) is 0 Å². The zero-order chi connectivity index (χ0) is 13.2. The summed E-state index contributed by atoms with van der Waals surface area (Å²) in [6.45, 7) is 0.0100. The minimum absolute atomic E-state index is 0.0100. The molecule has 0 saturated heterocycles. The molecule has 2 saturated carbocycles. The van der Waals surface area contributed by atoms with E-state index in [4.69, 9.17) is 5.11 Å². The van der Waals surface area contributed by atoms with Crippen LogP contribution in [0, 0.1) is 17.8 Å². The number of amides is 1. The van der Waals surface area contributed by atoms with Crippen LogP contribution in [-0.2, 0) is 11.4 Å². The van der Waals surface area contributed by atoms with E-state index in [2.05, 4.69) is 5.32 Å². The highest BCUT2D eigenvalue weighted by Crippen LogP contribution is 2.49. The van der Waals surface area contributed by atoms with Crippen LogP contribution < -0.4 is 5.32 Å². The standard InChI is InChI=1S/C16H21NO2/c18-10-12-2-1-3-15(8-12)17-16(19)9-14-7-11-4-5-13(14)6-11/h1-3,8,11,13-14,18H,4-7,9-10H2,(H,17,19)/t11-,13+,14+/m0/s1. The number of aliphatic hydroxyl groups excluding tert-OH is 1. The molecule has 2 aliphatic carbocycles. The van der Waals surface area contributed by atoms with Crippen molar-refractivity contribution in [3.63, 3.8) is 0 Å². The van der Waals surface area contributed by atoms with E-state index in [0.717, 1.165) is 23.1 Å². The van der Waals surface area contributed by atoms with E-state index in [1.54, 1.807) is 0 Å². The highest BCUT2D eigenvalue weighted by molar-refractivity contribution is 5.90.